The lowest BCUT2D eigenvalue weighted by molar-refractivity contribution is -1.10. The van der Waals surface area contributed by atoms with Gasteiger partial charge in [-0.2, -0.15) is 13.2 Å². The number of nitrogens with zero attached hydrogens (tertiary/aromatic N) is 3. The summed E-state index contributed by atoms with van der Waals surface area (Å²) in [5, 5.41) is 0.924. The highest BCUT2D eigenvalue weighted by Gasteiger charge is 2.51. The summed E-state index contributed by atoms with van der Waals surface area (Å²) >= 11 is 0. The first-order chi connectivity index (χ1) is 22.7. The molecular formula is C38H49F3N3O4+. The van der Waals surface area contributed by atoms with E-state index in [1.54, 1.807) is 11.6 Å². The van der Waals surface area contributed by atoms with Crippen molar-refractivity contribution >= 4 is 22.8 Å². The van der Waals surface area contributed by atoms with Gasteiger partial charge in [0.1, 0.15) is 19.6 Å². The van der Waals surface area contributed by atoms with Crippen molar-refractivity contribution in [1.82, 2.24) is 9.47 Å². The number of benzene rings is 2. The Labute approximate surface area is 281 Å². The first kappa shape index (κ1) is 35.6. The van der Waals surface area contributed by atoms with E-state index in [1.165, 1.54) is 0 Å². The molecule has 1 saturated heterocycles. The van der Waals surface area contributed by atoms with Crippen LogP contribution in [0.1, 0.15) is 82.8 Å². The summed E-state index contributed by atoms with van der Waals surface area (Å²) in [6.07, 6.45) is 0.704. The van der Waals surface area contributed by atoms with Gasteiger partial charge in [-0.05, 0) is 41.8 Å². The van der Waals surface area contributed by atoms with Crippen LogP contribution in [0.15, 0.2) is 65.5 Å². The lowest BCUT2D eigenvalue weighted by atomic mass is 9.78. The third-order valence-corrected chi connectivity index (χ3v) is 10.1. The van der Waals surface area contributed by atoms with Gasteiger partial charge in [0, 0.05) is 49.2 Å². The number of aryl methyl sites for hydroxylation is 1. The summed E-state index contributed by atoms with van der Waals surface area (Å²) in [7, 11) is 1.75. The van der Waals surface area contributed by atoms with E-state index >= 15 is 0 Å². The molecule has 2 aromatic carbocycles. The minimum Gasteiger partial charge on any atom is -0.337 e. The first-order valence-electron chi connectivity index (χ1n) is 17.2. The molecule has 5 rings (SSSR count). The molecular weight excluding hydrogens is 619 g/mol. The Kier molecular flexibility index (Phi) is 10.7. The predicted octanol–water partition coefficient (Wildman–Crippen LogP) is 7.52. The number of hydrogen-bond acceptors (Lipinski definition) is 4. The Hall–Kier alpha value is -3.66. The number of quaternary nitrogens is 1. The van der Waals surface area contributed by atoms with Crippen LogP contribution in [0.4, 0.5) is 13.2 Å². The van der Waals surface area contributed by atoms with E-state index in [4.69, 9.17) is 4.84 Å². The van der Waals surface area contributed by atoms with Crippen LogP contribution in [0.25, 0.3) is 10.9 Å². The van der Waals surface area contributed by atoms with Gasteiger partial charge in [0.25, 0.3) is 5.56 Å². The summed E-state index contributed by atoms with van der Waals surface area (Å²) < 4.78 is 41.4. The summed E-state index contributed by atoms with van der Waals surface area (Å²) in [6.45, 7) is 7.09. The number of fused-ring (bicyclic) bond motifs is 1. The number of carbonyl (C=O) groups excluding carboxylic acids is 2. The zero-order chi connectivity index (χ0) is 34.7. The van der Waals surface area contributed by atoms with Crippen molar-refractivity contribution in [3.63, 3.8) is 0 Å². The second kappa shape index (κ2) is 14.4. The molecule has 2 aliphatic rings. The number of amides is 1. The Morgan fingerprint density at radius 1 is 0.938 bits per heavy atom. The molecule has 48 heavy (non-hydrogen) atoms. The smallest absolute Gasteiger partial charge is 0.337 e. The standard InChI is InChI=1S/C38H49F3N3O4/c1-37(2,3)26-44(48-36(47)38(39,40)41)21-19-28(20-22-44)32(27-13-7-5-8-14-27)25-43(35(46)29-15-9-6-10-16-29)24-31-23-30-17-11-12-18-33(30)42(4)34(31)45/h5,7-8,11-14,17-18,23,28-29,32H,6,9-10,15-16,19-22,24-26H2,1-4H3/q+1. The van der Waals surface area contributed by atoms with Crippen LogP contribution in [0.3, 0.4) is 0 Å². The SMILES string of the molecule is Cn1c(=O)c(CN(CC(c2ccccc2)C2CC[N+](CC(C)(C)C)(OC(=O)C(F)(F)F)CC2)C(=O)C2CCCCC2)cc2ccccc21. The molecule has 7 nitrogen and oxygen atoms in total. The van der Waals surface area contributed by atoms with Gasteiger partial charge >= 0.3 is 12.1 Å². The minimum absolute atomic E-state index is 0.0179. The fraction of sp³-hybridized carbons (Fsp3) is 0.553. The maximum atomic E-state index is 14.3. The van der Waals surface area contributed by atoms with Gasteiger partial charge in [-0.3, -0.25) is 14.4 Å². The largest absolute Gasteiger partial charge is 0.497 e. The van der Waals surface area contributed by atoms with Crippen LogP contribution in [0.5, 0.6) is 0 Å². The fourth-order valence-electron chi connectivity index (χ4n) is 7.95. The van der Waals surface area contributed by atoms with Gasteiger partial charge in [0.2, 0.25) is 5.91 Å². The van der Waals surface area contributed by atoms with E-state index in [2.05, 4.69) is 0 Å². The molecule has 10 heteroatoms. The van der Waals surface area contributed by atoms with Gasteiger partial charge in [-0.25, -0.2) is 4.79 Å². The molecule has 0 radical (unpaired) electrons. The number of likely N-dealkylation sites (tertiary alicyclic amines) is 1. The third-order valence-electron chi connectivity index (χ3n) is 10.1. The molecule has 0 N–H and O–H groups in total. The molecule has 3 aromatic rings. The molecule has 260 valence electrons. The summed E-state index contributed by atoms with van der Waals surface area (Å²) in [4.78, 5) is 47.2. The molecule has 1 amide bonds. The lowest BCUT2D eigenvalue weighted by Gasteiger charge is -2.45. The van der Waals surface area contributed by atoms with Crippen molar-refractivity contribution < 1.29 is 32.2 Å². The van der Waals surface area contributed by atoms with Crippen molar-refractivity contribution in [1.29, 1.82) is 0 Å². The van der Waals surface area contributed by atoms with Crippen LogP contribution in [0.2, 0.25) is 0 Å². The van der Waals surface area contributed by atoms with Crippen LogP contribution < -0.4 is 5.56 Å². The Balaban J connectivity index is 1.47. The van der Waals surface area contributed by atoms with Gasteiger partial charge in [0.15, 0.2) is 0 Å². The summed E-state index contributed by atoms with van der Waals surface area (Å²) in [5.74, 6) is -2.32. The molecule has 1 aliphatic heterocycles. The predicted molar refractivity (Wildman–Crippen MR) is 180 cm³/mol. The fourth-order valence-corrected chi connectivity index (χ4v) is 7.95. The maximum Gasteiger partial charge on any atom is 0.497 e. The highest BCUT2D eigenvalue weighted by Crippen LogP contribution is 2.39. The van der Waals surface area contributed by atoms with Crippen molar-refractivity contribution in [2.45, 2.75) is 84.4 Å². The molecule has 1 unspecified atom stereocenters. The average Bonchev–Trinajstić information content (AvgIpc) is 3.05. The molecule has 1 saturated carbocycles. The zero-order valence-electron chi connectivity index (χ0n) is 28.6. The molecule has 1 aromatic heterocycles. The van der Waals surface area contributed by atoms with E-state index in [-0.39, 0.29) is 65.5 Å². The number of hydrogen-bond donors (Lipinski definition) is 0. The number of piperidine rings is 1. The first-order valence-corrected chi connectivity index (χ1v) is 17.2. The lowest BCUT2D eigenvalue weighted by Crippen LogP contribution is -2.59. The number of aromatic nitrogens is 1. The van der Waals surface area contributed by atoms with Gasteiger partial charge in [-0.1, -0.05) is 88.6 Å². The van der Waals surface area contributed by atoms with E-state index in [0.717, 1.165) is 48.6 Å². The van der Waals surface area contributed by atoms with Crippen molar-refractivity contribution in [2.24, 2.45) is 24.3 Å². The summed E-state index contributed by atoms with van der Waals surface area (Å²) in [6, 6.07) is 19.5. The Morgan fingerprint density at radius 2 is 1.56 bits per heavy atom. The molecule has 0 spiro atoms. The van der Waals surface area contributed by atoms with Crippen molar-refractivity contribution in [3.05, 3.63) is 82.1 Å². The number of hydroxylamine groups is 3. The van der Waals surface area contributed by atoms with E-state index in [0.29, 0.717) is 24.9 Å². The van der Waals surface area contributed by atoms with Crippen LogP contribution in [-0.2, 0) is 28.0 Å². The van der Waals surface area contributed by atoms with Crippen LogP contribution >= 0.6 is 0 Å². The normalized spacial score (nSPS) is 21.5. The number of pyridine rings is 1. The minimum atomic E-state index is -5.08. The number of rotatable bonds is 9. The Bertz CT molecular complexity index is 1630. The van der Waals surface area contributed by atoms with E-state index < -0.39 is 12.1 Å². The van der Waals surface area contributed by atoms with Crippen LogP contribution in [-0.4, -0.2) is 58.3 Å². The van der Waals surface area contributed by atoms with E-state index in [1.807, 2.05) is 86.3 Å². The monoisotopic (exact) mass is 668 g/mol. The molecule has 0 bridgehead atoms. The number of alkyl halides is 3. The average molecular weight is 669 g/mol. The second-order valence-corrected chi connectivity index (χ2v) is 15.1. The topological polar surface area (TPSA) is 68.6 Å². The molecule has 2 fully saturated rings. The van der Waals surface area contributed by atoms with Crippen LogP contribution in [0, 0.1) is 17.3 Å². The second-order valence-electron chi connectivity index (χ2n) is 15.1. The van der Waals surface area contributed by atoms with Crippen molar-refractivity contribution in [3.8, 4) is 0 Å². The third kappa shape index (κ3) is 8.49. The molecule has 2 heterocycles. The van der Waals surface area contributed by atoms with Gasteiger partial charge in [-0.15, -0.1) is 4.65 Å². The Morgan fingerprint density at radius 3 is 2.19 bits per heavy atom. The zero-order valence-corrected chi connectivity index (χ0v) is 28.6. The number of halogens is 3. The molecule has 1 atom stereocenters. The van der Waals surface area contributed by atoms with Gasteiger partial charge in [0.05, 0.1) is 12.1 Å². The van der Waals surface area contributed by atoms with E-state index in [9.17, 15) is 27.6 Å². The quantitative estimate of drug-likeness (QED) is 0.221. The van der Waals surface area contributed by atoms with Gasteiger partial charge < -0.3 is 9.47 Å². The number of para-hydroxylation sites is 1. The number of carbonyl (C=O) groups is 2. The van der Waals surface area contributed by atoms with Crippen molar-refractivity contribution in [2.75, 3.05) is 26.2 Å². The molecule has 1 aliphatic carbocycles. The maximum absolute atomic E-state index is 14.3. The highest BCUT2D eigenvalue weighted by molar-refractivity contribution is 5.81. The highest BCUT2D eigenvalue weighted by atomic mass is 19.4. The summed E-state index contributed by atoms with van der Waals surface area (Å²) in [5.41, 5.74) is 1.89.